The summed E-state index contributed by atoms with van der Waals surface area (Å²) in [5.41, 5.74) is 2.75. The van der Waals surface area contributed by atoms with Gasteiger partial charge in [0.25, 0.3) is 0 Å². The lowest BCUT2D eigenvalue weighted by Crippen LogP contribution is -2.18. The monoisotopic (exact) mass is 256 g/mol. The molecule has 2 aromatic carbocycles. The van der Waals surface area contributed by atoms with E-state index in [-0.39, 0.29) is 0 Å². The van der Waals surface area contributed by atoms with Crippen molar-refractivity contribution in [2.24, 2.45) is 0 Å². The van der Waals surface area contributed by atoms with Gasteiger partial charge in [0.05, 0.1) is 0 Å². The first-order chi connectivity index (χ1) is 8.88. The molecule has 0 bridgehead atoms. The van der Waals surface area contributed by atoms with Crippen molar-refractivity contribution in [3.8, 4) is 0 Å². The highest BCUT2D eigenvalue weighted by molar-refractivity contribution is 6.46. The highest BCUT2D eigenvalue weighted by Gasteiger charge is 1.96. The smallest absolute Gasteiger partial charge is 0.192 e. The van der Waals surface area contributed by atoms with Crippen LogP contribution in [0.4, 0.5) is 0 Å². The second kappa shape index (κ2) is 7.14. The van der Waals surface area contributed by atoms with Crippen LogP contribution in [-0.4, -0.2) is 16.4 Å². The Morgan fingerprint density at radius 3 is 2.28 bits per heavy atom. The van der Waals surface area contributed by atoms with Gasteiger partial charge in [0.15, 0.2) is 9.76 Å². The predicted molar refractivity (Wildman–Crippen MR) is 80.1 cm³/mol. The molecular formula is C16H20OSi. The molecule has 94 valence electrons. The zero-order valence-electron chi connectivity index (χ0n) is 10.9. The van der Waals surface area contributed by atoms with Crippen LogP contribution in [0, 0.1) is 0 Å². The Hall–Kier alpha value is -1.38. The van der Waals surface area contributed by atoms with Crippen molar-refractivity contribution in [3.63, 3.8) is 0 Å². The Kier molecular flexibility index (Phi) is 5.18. The molecule has 0 aromatic heterocycles. The summed E-state index contributed by atoms with van der Waals surface area (Å²) >= 11 is 0. The summed E-state index contributed by atoms with van der Waals surface area (Å²) in [5, 5.41) is 1.39. The van der Waals surface area contributed by atoms with Gasteiger partial charge in [-0.3, -0.25) is 0 Å². The van der Waals surface area contributed by atoms with Gasteiger partial charge in [-0.25, -0.2) is 0 Å². The van der Waals surface area contributed by atoms with Gasteiger partial charge in [-0.15, -0.1) is 0 Å². The van der Waals surface area contributed by atoms with Crippen LogP contribution in [-0.2, 0) is 17.3 Å². The molecule has 2 heteroatoms. The minimum Gasteiger partial charge on any atom is -0.418 e. The van der Waals surface area contributed by atoms with Crippen LogP contribution in [0.1, 0.15) is 18.1 Å². The lowest BCUT2D eigenvalue weighted by Gasteiger charge is -2.05. The molecule has 0 atom stereocenters. The Morgan fingerprint density at radius 2 is 1.61 bits per heavy atom. The van der Waals surface area contributed by atoms with Gasteiger partial charge in [-0.2, -0.15) is 0 Å². The molecule has 0 spiro atoms. The van der Waals surface area contributed by atoms with Gasteiger partial charge >= 0.3 is 0 Å². The summed E-state index contributed by atoms with van der Waals surface area (Å²) in [7, 11) is -0.551. The fourth-order valence-electron chi connectivity index (χ4n) is 1.90. The molecule has 0 N–H and O–H groups in total. The molecule has 1 nitrogen and oxygen atoms in total. The standard InChI is InChI=1S/C16H20OSi/c1-2-14-8-10-16(11-9-14)18-17-13-12-15-6-4-3-5-7-15/h3-11H,2,12-13,18H2,1H3. The zero-order valence-corrected chi connectivity index (χ0v) is 12.3. The fraction of sp³-hybridized carbons (Fsp3) is 0.250. The van der Waals surface area contributed by atoms with Gasteiger partial charge in [0.2, 0.25) is 0 Å². The van der Waals surface area contributed by atoms with Crippen molar-refractivity contribution < 1.29 is 4.43 Å². The van der Waals surface area contributed by atoms with E-state index >= 15 is 0 Å². The Bertz CT molecular complexity index is 450. The zero-order chi connectivity index (χ0) is 12.6. The van der Waals surface area contributed by atoms with Gasteiger partial charge in [-0.05, 0) is 29.2 Å². The molecule has 0 aliphatic carbocycles. The molecule has 0 saturated carbocycles. The van der Waals surface area contributed by atoms with Crippen molar-refractivity contribution in [1.29, 1.82) is 0 Å². The summed E-state index contributed by atoms with van der Waals surface area (Å²) in [6, 6.07) is 19.4. The molecule has 0 aliphatic heterocycles. The Labute approximate surface area is 112 Å². The molecule has 18 heavy (non-hydrogen) atoms. The van der Waals surface area contributed by atoms with Gasteiger partial charge in [-0.1, -0.05) is 61.5 Å². The summed E-state index contributed by atoms with van der Waals surface area (Å²) in [4.78, 5) is 0. The first-order valence-electron chi connectivity index (χ1n) is 6.58. The van der Waals surface area contributed by atoms with Crippen molar-refractivity contribution in [2.75, 3.05) is 6.61 Å². The van der Waals surface area contributed by atoms with Crippen molar-refractivity contribution in [3.05, 3.63) is 65.7 Å². The molecule has 0 unspecified atom stereocenters. The third-order valence-electron chi connectivity index (χ3n) is 3.08. The predicted octanol–water partition coefficient (Wildman–Crippen LogP) is 2.22. The summed E-state index contributed by atoms with van der Waals surface area (Å²) in [6.45, 7) is 3.02. The maximum absolute atomic E-state index is 5.84. The largest absolute Gasteiger partial charge is 0.418 e. The van der Waals surface area contributed by atoms with E-state index in [0.717, 1.165) is 19.4 Å². The molecule has 0 radical (unpaired) electrons. The first kappa shape index (κ1) is 13.1. The number of rotatable bonds is 6. The minimum atomic E-state index is -0.551. The molecule has 0 fully saturated rings. The summed E-state index contributed by atoms with van der Waals surface area (Å²) in [5.74, 6) is 0. The number of benzene rings is 2. The van der Waals surface area contributed by atoms with Crippen LogP contribution < -0.4 is 5.19 Å². The van der Waals surface area contributed by atoms with Gasteiger partial charge in [0.1, 0.15) is 0 Å². The van der Waals surface area contributed by atoms with E-state index in [9.17, 15) is 0 Å². The lowest BCUT2D eigenvalue weighted by atomic mass is 10.2. The normalized spacial score (nSPS) is 11.2. The van der Waals surface area contributed by atoms with Gasteiger partial charge < -0.3 is 4.43 Å². The summed E-state index contributed by atoms with van der Waals surface area (Å²) < 4.78 is 5.84. The Morgan fingerprint density at radius 1 is 0.889 bits per heavy atom. The minimum absolute atomic E-state index is 0.551. The van der Waals surface area contributed by atoms with Crippen molar-refractivity contribution in [2.45, 2.75) is 19.8 Å². The maximum Gasteiger partial charge on any atom is 0.192 e. The van der Waals surface area contributed by atoms with Crippen LogP contribution in [0.3, 0.4) is 0 Å². The molecule has 0 heterocycles. The number of hydrogen-bond donors (Lipinski definition) is 0. The lowest BCUT2D eigenvalue weighted by molar-refractivity contribution is 0.346. The van der Waals surface area contributed by atoms with E-state index in [1.54, 1.807) is 0 Å². The van der Waals surface area contributed by atoms with Crippen molar-refractivity contribution in [1.82, 2.24) is 0 Å². The molecule has 2 rings (SSSR count). The topological polar surface area (TPSA) is 9.23 Å². The third-order valence-corrected chi connectivity index (χ3v) is 4.38. The van der Waals surface area contributed by atoms with E-state index in [4.69, 9.17) is 4.43 Å². The van der Waals surface area contributed by atoms with Crippen LogP contribution in [0.15, 0.2) is 54.6 Å². The Balaban J connectivity index is 1.72. The third kappa shape index (κ3) is 4.13. The second-order valence-corrected chi connectivity index (χ2v) is 5.97. The fourth-order valence-corrected chi connectivity index (χ4v) is 2.85. The van der Waals surface area contributed by atoms with Crippen LogP contribution in [0.5, 0.6) is 0 Å². The van der Waals surface area contributed by atoms with Gasteiger partial charge in [0, 0.05) is 6.61 Å². The summed E-state index contributed by atoms with van der Waals surface area (Å²) in [6.07, 6.45) is 2.12. The molecule has 0 saturated heterocycles. The second-order valence-electron chi connectivity index (χ2n) is 4.46. The molecule has 0 amide bonds. The van der Waals surface area contributed by atoms with Crippen LogP contribution >= 0.6 is 0 Å². The first-order valence-corrected chi connectivity index (χ1v) is 7.86. The highest BCUT2D eigenvalue weighted by atomic mass is 28.2. The van der Waals surface area contributed by atoms with E-state index in [0.29, 0.717) is 0 Å². The van der Waals surface area contributed by atoms with E-state index in [1.165, 1.54) is 16.3 Å². The maximum atomic E-state index is 5.84. The van der Waals surface area contributed by atoms with E-state index in [1.807, 2.05) is 6.07 Å². The van der Waals surface area contributed by atoms with Crippen LogP contribution in [0.25, 0.3) is 0 Å². The van der Waals surface area contributed by atoms with E-state index < -0.39 is 9.76 Å². The molecular weight excluding hydrogens is 236 g/mol. The van der Waals surface area contributed by atoms with E-state index in [2.05, 4.69) is 55.5 Å². The quantitative estimate of drug-likeness (QED) is 0.569. The molecule has 2 aromatic rings. The number of aryl methyl sites for hydroxylation is 1. The average molecular weight is 256 g/mol. The highest BCUT2D eigenvalue weighted by Crippen LogP contribution is 2.00. The van der Waals surface area contributed by atoms with Crippen molar-refractivity contribution >= 4 is 14.9 Å². The molecule has 0 aliphatic rings. The van der Waals surface area contributed by atoms with Crippen LogP contribution in [0.2, 0.25) is 0 Å². The number of hydrogen-bond acceptors (Lipinski definition) is 1. The average Bonchev–Trinajstić information content (AvgIpc) is 2.45. The SMILES string of the molecule is CCc1ccc([SiH2]OCCc2ccccc2)cc1.